The Hall–Kier alpha value is -1.80. The van der Waals surface area contributed by atoms with Crippen molar-refractivity contribution in [2.45, 2.75) is 45.5 Å². The predicted octanol–water partition coefficient (Wildman–Crippen LogP) is 2.26. The smallest absolute Gasteiger partial charge is 0.0963 e. The maximum absolute atomic E-state index is 9.85. The first-order valence-corrected chi connectivity index (χ1v) is 11.3. The van der Waals surface area contributed by atoms with Crippen LogP contribution in [0, 0.1) is 5.41 Å². The van der Waals surface area contributed by atoms with E-state index in [4.69, 9.17) is 16.3 Å². The van der Waals surface area contributed by atoms with Gasteiger partial charge in [0.1, 0.15) is 0 Å². The summed E-state index contributed by atoms with van der Waals surface area (Å²) in [6.07, 6.45) is 2.16. The maximum Gasteiger partial charge on any atom is 0.0963 e. The number of hydrogen-bond acceptors (Lipinski definition) is 7. The quantitative estimate of drug-likeness (QED) is 0.197. The van der Waals surface area contributed by atoms with E-state index >= 15 is 0 Å². The maximum atomic E-state index is 9.85. The highest BCUT2D eigenvalue weighted by Gasteiger charge is 2.43. The lowest BCUT2D eigenvalue weighted by Gasteiger charge is -2.49. The van der Waals surface area contributed by atoms with Crippen LogP contribution in [0.25, 0.3) is 0 Å². The van der Waals surface area contributed by atoms with Gasteiger partial charge in [-0.2, -0.15) is 5.10 Å². The molecule has 0 spiro atoms. The molecule has 1 aromatic carbocycles. The zero-order valence-corrected chi connectivity index (χ0v) is 20.0. The summed E-state index contributed by atoms with van der Waals surface area (Å²) in [7, 11) is 1.90. The first-order valence-electron chi connectivity index (χ1n) is 10.7. The van der Waals surface area contributed by atoms with Crippen LogP contribution in [0.2, 0.25) is 0 Å². The van der Waals surface area contributed by atoms with Crippen LogP contribution in [-0.4, -0.2) is 67.5 Å². The number of hydrogen-bond donors (Lipinski definition) is 4. The number of hydrazone groups is 1. The van der Waals surface area contributed by atoms with Gasteiger partial charge in [-0.25, -0.2) is 0 Å². The summed E-state index contributed by atoms with van der Waals surface area (Å²) in [6.45, 7) is 13.3. The Morgan fingerprint density at radius 1 is 1.39 bits per heavy atom. The molecule has 2 rings (SSSR count). The molecule has 1 unspecified atom stereocenters. The molecular formula is C23H38ClN5O2. The summed E-state index contributed by atoms with van der Waals surface area (Å²) in [4.78, 5) is 2.38. The SMILES string of the molecule is C=NNCC1(CN(Cc2ccccc2CO)C(C)(/C=C(\NC)NC(C)C)CCl)COC1. The lowest BCUT2D eigenvalue weighted by atomic mass is 9.83. The van der Waals surface area contributed by atoms with E-state index in [2.05, 4.69) is 65.7 Å². The van der Waals surface area contributed by atoms with Crippen LogP contribution < -0.4 is 16.1 Å². The van der Waals surface area contributed by atoms with Crippen molar-refractivity contribution in [3.8, 4) is 0 Å². The van der Waals surface area contributed by atoms with Crippen molar-refractivity contribution in [2.24, 2.45) is 10.5 Å². The number of rotatable bonds is 14. The molecule has 174 valence electrons. The molecule has 0 radical (unpaired) electrons. The van der Waals surface area contributed by atoms with E-state index in [9.17, 15) is 5.11 Å². The Labute approximate surface area is 191 Å². The van der Waals surface area contributed by atoms with Gasteiger partial charge in [0.15, 0.2) is 0 Å². The summed E-state index contributed by atoms with van der Waals surface area (Å²) in [5.41, 5.74) is 4.50. The summed E-state index contributed by atoms with van der Waals surface area (Å²) < 4.78 is 5.59. The standard InChI is InChI=1S/C23H38ClN5O2/c1-18(2)28-21(25-4)10-22(3,13-24)29(11-19-8-6-7-9-20(19)12-30)15-23(14-27-26-5)16-31-17-23/h6-10,18,25,27-28,30H,5,11-17H2,1-4H3/b21-10+. The molecule has 31 heavy (non-hydrogen) atoms. The van der Waals surface area contributed by atoms with Gasteiger partial charge < -0.3 is 25.9 Å². The highest BCUT2D eigenvalue weighted by atomic mass is 35.5. The summed E-state index contributed by atoms with van der Waals surface area (Å²) in [5.74, 6) is 1.34. The van der Waals surface area contributed by atoms with Gasteiger partial charge in [-0.1, -0.05) is 24.3 Å². The van der Waals surface area contributed by atoms with Crippen molar-refractivity contribution in [3.05, 3.63) is 47.3 Å². The first kappa shape index (κ1) is 25.5. The van der Waals surface area contributed by atoms with Crippen LogP contribution in [0.4, 0.5) is 0 Å². The minimum absolute atomic E-state index is 0.00427. The van der Waals surface area contributed by atoms with Gasteiger partial charge in [-0.15, -0.1) is 11.6 Å². The molecule has 1 aliphatic rings. The molecule has 0 aromatic heterocycles. The van der Waals surface area contributed by atoms with Crippen LogP contribution >= 0.6 is 11.6 Å². The summed E-state index contributed by atoms with van der Waals surface area (Å²) in [5, 5.41) is 20.4. The van der Waals surface area contributed by atoms with Crippen LogP contribution in [0.3, 0.4) is 0 Å². The fourth-order valence-corrected chi connectivity index (χ4v) is 4.03. The fraction of sp³-hybridized carbons (Fsp3) is 0.609. The highest BCUT2D eigenvalue weighted by Crippen LogP contribution is 2.33. The molecule has 0 amide bonds. The van der Waals surface area contributed by atoms with E-state index in [0.29, 0.717) is 32.2 Å². The second kappa shape index (κ2) is 11.7. The second-order valence-electron chi connectivity index (χ2n) is 8.87. The molecular weight excluding hydrogens is 414 g/mol. The predicted molar refractivity (Wildman–Crippen MR) is 128 cm³/mol. The van der Waals surface area contributed by atoms with E-state index in [-0.39, 0.29) is 18.1 Å². The number of nitrogens with one attached hydrogen (secondary N) is 3. The van der Waals surface area contributed by atoms with E-state index in [1.54, 1.807) is 0 Å². The van der Waals surface area contributed by atoms with Crippen molar-refractivity contribution < 1.29 is 9.84 Å². The number of aliphatic hydroxyl groups is 1. The van der Waals surface area contributed by atoms with E-state index in [0.717, 1.165) is 23.5 Å². The average Bonchev–Trinajstić information content (AvgIpc) is 2.74. The van der Waals surface area contributed by atoms with Crippen molar-refractivity contribution in [1.29, 1.82) is 0 Å². The Balaban J connectivity index is 2.42. The molecule has 1 heterocycles. The van der Waals surface area contributed by atoms with E-state index in [1.165, 1.54) is 0 Å². The summed E-state index contributed by atoms with van der Waals surface area (Å²) >= 11 is 6.61. The van der Waals surface area contributed by atoms with Crippen molar-refractivity contribution in [1.82, 2.24) is 21.0 Å². The topological polar surface area (TPSA) is 81.2 Å². The molecule has 1 atom stereocenters. The average molecular weight is 452 g/mol. The molecule has 8 heteroatoms. The van der Waals surface area contributed by atoms with Crippen LogP contribution in [0.5, 0.6) is 0 Å². The minimum Gasteiger partial charge on any atom is -0.392 e. The summed E-state index contributed by atoms with van der Waals surface area (Å²) in [6, 6.07) is 8.27. The number of nitrogens with zero attached hydrogens (tertiary/aromatic N) is 2. The van der Waals surface area contributed by atoms with Crippen molar-refractivity contribution in [2.75, 3.05) is 39.2 Å². The third-order valence-corrected chi connectivity index (χ3v) is 6.26. The largest absolute Gasteiger partial charge is 0.392 e. The Kier molecular flexibility index (Phi) is 9.62. The van der Waals surface area contributed by atoms with Crippen molar-refractivity contribution in [3.63, 3.8) is 0 Å². The van der Waals surface area contributed by atoms with Crippen LogP contribution in [0.15, 0.2) is 41.3 Å². The molecule has 1 fully saturated rings. The van der Waals surface area contributed by atoms with Crippen LogP contribution in [-0.2, 0) is 17.9 Å². The lowest BCUT2D eigenvalue weighted by Crippen LogP contribution is -2.60. The van der Waals surface area contributed by atoms with Gasteiger partial charge in [-0.3, -0.25) is 4.90 Å². The molecule has 1 aromatic rings. The van der Waals surface area contributed by atoms with Gasteiger partial charge >= 0.3 is 0 Å². The number of ether oxygens (including phenoxy) is 1. The van der Waals surface area contributed by atoms with Crippen molar-refractivity contribution >= 4 is 18.3 Å². The molecule has 0 aliphatic carbocycles. The number of benzene rings is 1. The van der Waals surface area contributed by atoms with E-state index < -0.39 is 5.54 Å². The number of halogens is 1. The van der Waals surface area contributed by atoms with Gasteiger partial charge in [0.25, 0.3) is 0 Å². The lowest BCUT2D eigenvalue weighted by molar-refractivity contribution is -0.131. The highest BCUT2D eigenvalue weighted by molar-refractivity contribution is 6.18. The van der Waals surface area contributed by atoms with Gasteiger partial charge in [0.05, 0.1) is 31.2 Å². The monoisotopic (exact) mass is 451 g/mol. The minimum atomic E-state index is -0.450. The van der Waals surface area contributed by atoms with E-state index in [1.807, 2.05) is 25.2 Å². The third kappa shape index (κ3) is 6.84. The zero-order valence-electron chi connectivity index (χ0n) is 19.2. The molecule has 1 saturated heterocycles. The third-order valence-electron chi connectivity index (χ3n) is 5.72. The zero-order chi connectivity index (χ0) is 22.9. The Bertz CT molecular complexity index is 738. The Morgan fingerprint density at radius 2 is 2.06 bits per heavy atom. The molecule has 4 N–H and O–H groups in total. The Morgan fingerprint density at radius 3 is 2.55 bits per heavy atom. The second-order valence-corrected chi connectivity index (χ2v) is 9.13. The fourth-order valence-electron chi connectivity index (χ4n) is 3.78. The molecule has 7 nitrogen and oxygen atoms in total. The van der Waals surface area contributed by atoms with Crippen LogP contribution in [0.1, 0.15) is 31.9 Å². The van der Waals surface area contributed by atoms with Gasteiger partial charge in [-0.05, 0) is 38.0 Å². The number of aliphatic hydroxyl groups excluding tert-OH is 1. The first-order chi connectivity index (χ1) is 14.8. The molecule has 0 bridgehead atoms. The van der Waals surface area contributed by atoms with Gasteiger partial charge in [0, 0.05) is 50.7 Å². The number of alkyl halides is 1. The normalized spacial score (nSPS) is 17.7. The molecule has 1 aliphatic heterocycles. The van der Waals surface area contributed by atoms with Gasteiger partial charge in [0.2, 0.25) is 0 Å². The molecule has 0 saturated carbocycles.